The van der Waals surface area contributed by atoms with Gasteiger partial charge in [0.2, 0.25) is 0 Å². The first-order chi connectivity index (χ1) is 15.7. The van der Waals surface area contributed by atoms with E-state index in [-0.39, 0.29) is 22.7 Å². The van der Waals surface area contributed by atoms with Gasteiger partial charge in [0.05, 0.1) is 11.7 Å². The molecule has 3 aromatic rings. The first-order valence-corrected chi connectivity index (χ1v) is 10.8. The van der Waals surface area contributed by atoms with Gasteiger partial charge in [-0.05, 0) is 40.8 Å². The number of hydrogen-bond donors (Lipinski definition) is 3. The minimum atomic E-state index is -3.01. The number of phenolic OH excluding ortho intramolecular Hbond substituents is 1. The van der Waals surface area contributed by atoms with E-state index in [1.54, 1.807) is 24.3 Å². The van der Waals surface area contributed by atoms with E-state index in [1.165, 1.54) is 6.07 Å². The molecule has 5 rings (SSSR count). The molecule has 3 aromatic carbocycles. The predicted octanol–water partition coefficient (Wildman–Crippen LogP) is 6.37. The van der Waals surface area contributed by atoms with Crippen molar-refractivity contribution in [2.75, 3.05) is 10.6 Å². The lowest BCUT2D eigenvalue weighted by Crippen LogP contribution is -2.31. The van der Waals surface area contributed by atoms with Gasteiger partial charge in [-0.25, -0.2) is 0 Å². The minimum absolute atomic E-state index is 0.00860. The normalized spacial score (nSPS) is 19.4. The number of carbonyl (C=O) groups excluding carboxylic acids is 1. The second-order valence-electron chi connectivity index (χ2n) is 9.31. The highest BCUT2D eigenvalue weighted by Gasteiger charge is 2.40. The average Bonchev–Trinajstić information content (AvgIpc) is 2.90. The zero-order chi connectivity index (χ0) is 23.3. The van der Waals surface area contributed by atoms with E-state index in [9.17, 15) is 18.7 Å². The number of Topliss-reactive ketones (excluding diaryl/α,β-unsaturated/α-hetero) is 1. The molecule has 0 bridgehead atoms. The van der Waals surface area contributed by atoms with Crippen LogP contribution in [0.25, 0.3) is 10.8 Å². The SMILES string of the molecule is CC1(C)CC(=O)C2=C(C1)Nc1c(O)cccc1NC2c1c(OC(F)F)ccc2ccccc12. The molecule has 0 radical (unpaired) electrons. The molecule has 0 saturated carbocycles. The van der Waals surface area contributed by atoms with Gasteiger partial charge in [0, 0.05) is 23.3 Å². The Hall–Kier alpha value is -3.61. The van der Waals surface area contributed by atoms with E-state index in [1.807, 2.05) is 38.1 Å². The monoisotopic (exact) mass is 450 g/mol. The third-order valence-corrected chi connectivity index (χ3v) is 6.26. The average molecular weight is 450 g/mol. The second-order valence-corrected chi connectivity index (χ2v) is 9.31. The summed E-state index contributed by atoms with van der Waals surface area (Å²) < 4.78 is 31.7. The Morgan fingerprint density at radius 2 is 1.85 bits per heavy atom. The Bertz CT molecular complexity index is 1300. The maximum atomic E-state index is 13.5. The smallest absolute Gasteiger partial charge is 0.387 e. The van der Waals surface area contributed by atoms with Crippen molar-refractivity contribution in [2.45, 2.75) is 39.3 Å². The van der Waals surface area contributed by atoms with Gasteiger partial charge in [-0.3, -0.25) is 4.79 Å². The number of anilines is 2. The molecule has 3 N–H and O–H groups in total. The van der Waals surface area contributed by atoms with Crippen molar-refractivity contribution in [3.63, 3.8) is 0 Å². The number of aromatic hydroxyl groups is 1. The van der Waals surface area contributed by atoms with Crippen molar-refractivity contribution in [3.05, 3.63) is 71.4 Å². The van der Waals surface area contributed by atoms with Gasteiger partial charge in [0.25, 0.3) is 0 Å². The molecular weight excluding hydrogens is 426 g/mol. The molecule has 0 fully saturated rings. The molecule has 0 aromatic heterocycles. The number of phenols is 1. The summed E-state index contributed by atoms with van der Waals surface area (Å²) in [6, 6.07) is 15.0. The highest BCUT2D eigenvalue weighted by molar-refractivity contribution is 6.03. The number of hydrogen-bond acceptors (Lipinski definition) is 5. The van der Waals surface area contributed by atoms with Gasteiger partial charge in [-0.2, -0.15) is 8.78 Å². The number of halogens is 2. The summed E-state index contributed by atoms with van der Waals surface area (Å²) in [5.74, 6) is -0.0333. The number of benzene rings is 3. The maximum absolute atomic E-state index is 13.5. The lowest BCUT2D eigenvalue weighted by atomic mass is 9.73. The Kier molecular flexibility index (Phi) is 5.00. The molecule has 7 heteroatoms. The van der Waals surface area contributed by atoms with Crippen LogP contribution in [0, 0.1) is 5.41 Å². The summed E-state index contributed by atoms with van der Waals surface area (Å²) in [6.07, 6.45) is 0.889. The highest BCUT2D eigenvalue weighted by atomic mass is 19.3. The van der Waals surface area contributed by atoms with Crippen molar-refractivity contribution >= 4 is 27.9 Å². The summed E-state index contributed by atoms with van der Waals surface area (Å²) >= 11 is 0. The van der Waals surface area contributed by atoms with Crippen LogP contribution in [0.5, 0.6) is 11.5 Å². The molecule has 1 aliphatic carbocycles. The van der Waals surface area contributed by atoms with Crippen molar-refractivity contribution in [3.8, 4) is 11.5 Å². The number of carbonyl (C=O) groups is 1. The van der Waals surface area contributed by atoms with Crippen LogP contribution in [0.4, 0.5) is 20.2 Å². The van der Waals surface area contributed by atoms with Crippen LogP contribution in [-0.4, -0.2) is 17.5 Å². The van der Waals surface area contributed by atoms with Gasteiger partial charge < -0.3 is 20.5 Å². The number of nitrogens with one attached hydrogen (secondary N) is 2. The second kappa shape index (κ2) is 7.76. The number of allylic oxidation sites excluding steroid dienone is 1. The molecule has 170 valence electrons. The Balaban J connectivity index is 1.81. The fourth-order valence-corrected chi connectivity index (χ4v) is 4.94. The van der Waals surface area contributed by atoms with Crippen LogP contribution in [0.3, 0.4) is 0 Å². The minimum Gasteiger partial charge on any atom is -0.506 e. The largest absolute Gasteiger partial charge is 0.506 e. The number of para-hydroxylation sites is 1. The molecule has 1 unspecified atom stereocenters. The van der Waals surface area contributed by atoms with Crippen LogP contribution in [-0.2, 0) is 4.79 Å². The van der Waals surface area contributed by atoms with Crippen LogP contribution in [0.2, 0.25) is 0 Å². The van der Waals surface area contributed by atoms with E-state index >= 15 is 0 Å². The van der Waals surface area contributed by atoms with Crippen LogP contribution in [0.15, 0.2) is 65.9 Å². The molecular formula is C26H24F2N2O3. The quantitative estimate of drug-likeness (QED) is 0.405. The lowest BCUT2D eigenvalue weighted by Gasteiger charge is -2.34. The van der Waals surface area contributed by atoms with Gasteiger partial charge in [0.1, 0.15) is 17.2 Å². The standard InChI is InChI=1S/C26H24F2N2O3/c1-26(2)12-17-22(19(32)13-26)24(29-16-8-5-9-18(31)23(16)30-17)21-15-7-4-3-6-14(15)10-11-20(21)33-25(27)28/h3-11,24-25,29-31H,12-13H2,1-2H3. The molecule has 1 heterocycles. The number of ether oxygens (including phenoxy) is 1. The zero-order valence-electron chi connectivity index (χ0n) is 18.3. The number of fused-ring (bicyclic) bond motifs is 2. The number of alkyl halides is 2. The van der Waals surface area contributed by atoms with E-state index in [2.05, 4.69) is 10.6 Å². The van der Waals surface area contributed by atoms with E-state index in [0.717, 1.165) is 5.39 Å². The summed E-state index contributed by atoms with van der Waals surface area (Å²) in [5, 5.41) is 18.7. The molecule has 5 nitrogen and oxygen atoms in total. The molecule has 33 heavy (non-hydrogen) atoms. The summed E-state index contributed by atoms with van der Waals surface area (Å²) in [7, 11) is 0. The predicted molar refractivity (Wildman–Crippen MR) is 124 cm³/mol. The van der Waals surface area contributed by atoms with Crippen molar-refractivity contribution in [1.82, 2.24) is 0 Å². The summed E-state index contributed by atoms with van der Waals surface area (Å²) in [5.41, 5.74) is 2.34. The fraction of sp³-hybridized carbons (Fsp3) is 0.269. The van der Waals surface area contributed by atoms with Crippen molar-refractivity contribution < 1.29 is 23.4 Å². The summed E-state index contributed by atoms with van der Waals surface area (Å²) in [4.78, 5) is 13.5. The van der Waals surface area contributed by atoms with Gasteiger partial charge in [0.15, 0.2) is 5.78 Å². The molecule has 0 saturated heterocycles. The van der Waals surface area contributed by atoms with E-state index in [4.69, 9.17) is 4.74 Å². The molecule has 0 spiro atoms. The first kappa shape index (κ1) is 21.2. The third-order valence-electron chi connectivity index (χ3n) is 6.26. The molecule has 2 aliphatic rings. The molecule has 1 atom stereocenters. The van der Waals surface area contributed by atoms with Gasteiger partial charge >= 0.3 is 6.61 Å². The lowest BCUT2D eigenvalue weighted by molar-refractivity contribution is -0.118. The highest BCUT2D eigenvalue weighted by Crippen LogP contribution is 2.49. The van der Waals surface area contributed by atoms with E-state index in [0.29, 0.717) is 46.4 Å². The van der Waals surface area contributed by atoms with Gasteiger partial charge in [-0.15, -0.1) is 0 Å². The first-order valence-electron chi connectivity index (χ1n) is 10.8. The number of ketones is 1. The Labute approximate surface area is 190 Å². The van der Waals surface area contributed by atoms with Gasteiger partial charge in [-0.1, -0.05) is 50.2 Å². The maximum Gasteiger partial charge on any atom is 0.387 e. The number of rotatable bonds is 3. The van der Waals surface area contributed by atoms with E-state index < -0.39 is 12.7 Å². The zero-order valence-corrected chi connectivity index (χ0v) is 18.3. The molecule has 0 amide bonds. The van der Waals surface area contributed by atoms with Crippen molar-refractivity contribution in [1.29, 1.82) is 0 Å². The fourth-order valence-electron chi connectivity index (χ4n) is 4.94. The Morgan fingerprint density at radius 3 is 2.64 bits per heavy atom. The Morgan fingerprint density at radius 1 is 1.06 bits per heavy atom. The topological polar surface area (TPSA) is 70.6 Å². The summed E-state index contributed by atoms with van der Waals surface area (Å²) in [6.45, 7) is 1.01. The van der Waals surface area contributed by atoms with Crippen LogP contribution in [0.1, 0.15) is 38.3 Å². The van der Waals surface area contributed by atoms with Crippen LogP contribution >= 0.6 is 0 Å². The molecule has 1 aliphatic heterocycles. The van der Waals surface area contributed by atoms with Crippen molar-refractivity contribution in [2.24, 2.45) is 5.41 Å². The third kappa shape index (κ3) is 3.77. The van der Waals surface area contributed by atoms with Crippen LogP contribution < -0.4 is 15.4 Å².